The van der Waals surface area contributed by atoms with Crippen molar-refractivity contribution in [3.63, 3.8) is 0 Å². The molecule has 0 bridgehead atoms. The Kier molecular flexibility index (Phi) is 7.60. The molecule has 9 nitrogen and oxygen atoms in total. The van der Waals surface area contributed by atoms with E-state index in [9.17, 15) is 4.79 Å². The van der Waals surface area contributed by atoms with E-state index in [0.717, 1.165) is 59.6 Å². The molecule has 0 aliphatic heterocycles. The maximum Gasteiger partial charge on any atom is 0.251 e. The van der Waals surface area contributed by atoms with Gasteiger partial charge in [0.25, 0.3) is 5.91 Å². The quantitative estimate of drug-likeness (QED) is 0.313. The number of aromatic nitrogens is 4. The lowest BCUT2D eigenvalue weighted by Gasteiger charge is -2.18. The van der Waals surface area contributed by atoms with Crippen molar-refractivity contribution in [2.24, 2.45) is 7.05 Å². The third-order valence-corrected chi connectivity index (χ3v) is 7.03. The first-order valence-electron chi connectivity index (χ1n) is 13.2. The minimum absolute atomic E-state index is 0.128. The van der Waals surface area contributed by atoms with E-state index in [-0.39, 0.29) is 5.91 Å². The van der Waals surface area contributed by atoms with Crippen molar-refractivity contribution in [1.82, 2.24) is 30.0 Å². The summed E-state index contributed by atoms with van der Waals surface area (Å²) in [5.74, 6) is 0.872. The Bertz CT molecular complexity index is 1510. The SMILES string of the molecule is COc1cc(C(=O)NCCCN(C)C)ccc1Nc1ncc2c(n1)-c1c(nn(C)c1-c1ccccc1C)CC2. The predicted octanol–water partition coefficient (Wildman–Crippen LogP) is 4.38. The van der Waals surface area contributed by atoms with E-state index in [1.165, 1.54) is 5.56 Å². The van der Waals surface area contributed by atoms with E-state index in [1.807, 2.05) is 44.2 Å². The molecule has 0 spiro atoms. The van der Waals surface area contributed by atoms with Gasteiger partial charge in [-0.15, -0.1) is 0 Å². The summed E-state index contributed by atoms with van der Waals surface area (Å²) in [4.78, 5) is 24.3. The van der Waals surface area contributed by atoms with Crippen LogP contribution < -0.4 is 15.4 Å². The molecule has 4 aromatic rings. The third-order valence-electron chi connectivity index (χ3n) is 7.03. The zero-order valence-corrected chi connectivity index (χ0v) is 23.2. The molecular weight excluding hydrogens is 490 g/mol. The summed E-state index contributed by atoms with van der Waals surface area (Å²) in [5, 5.41) is 11.1. The van der Waals surface area contributed by atoms with Crippen molar-refractivity contribution in [2.45, 2.75) is 26.2 Å². The largest absolute Gasteiger partial charge is 0.495 e. The second kappa shape index (κ2) is 11.2. The van der Waals surface area contributed by atoms with Crippen LogP contribution in [-0.2, 0) is 19.9 Å². The highest BCUT2D eigenvalue weighted by Crippen LogP contribution is 2.40. The van der Waals surface area contributed by atoms with Gasteiger partial charge in [0.2, 0.25) is 5.95 Å². The van der Waals surface area contributed by atoms with Crippen molar-refractivity contribution in [1.29, 1.82) is 0 Å². The van der Waals surface area contributed by atoms with Gasteiger partial charge in [0.15, 0.2) is 0 Å². The molecule has 2 aromatic heterocycles. The van der Waals surface area contributed by atoms with Gasteiger partial charge in [0, 0.05) is 36.5 Å². The zero-order chi connectivity index (χ0) is 27.5. The molecular formula is C30H35N7O2. The number of aryl methyl sites for hydroxylation is 4. The van der Waals surface area contributed by atoms with Gasteiger partial charge in [0.05, 0.1) is 29.9 Å². The fourth-order valence-electron chi connectivity index (χ4n) is 5.03. The summed E-state index contributed by atoms with van der Waals surface area (Å²) in [7, 11) is 7.61. The number of anilines is 2. The number of benzene rings is 2. The van der Waals surface area contributed by atoms with E-state index < -0.39 is 0 Å². The number of nitrogens with zero attached hydrogens (tertiary/aromatic N) is 5. The van der Waals surface area contributed by atoms with Crippen LogP contribution in [0.4, 0.5) is 11.6 Å². The molecule has 2 heterocycles. The Morgan fingerprint density at radius 3 is 2.74 bits per heavy atom. The molecule has 0 saturated carbocycles. The minimum Gasteiger partial charge on any atom is -0.495 e. The molecule has 9 heteroatoms. The predicted molar refractivity (Wildman–Crippen MR) is 154 cm³/mol. The Morgan fingerprint density at radius 1 is 1.15 bits per heavy atom. The van der Waals surface area contributed by atoms with Gasteiger partial charge >= 0.3 is 0 Å². The van der Waals surface area contributed by atoms with Gasteiger partial charge < -0.3 is 20.3 Å². The van der Waals surface area contributed by atoms with Crippen molar-refractivity contribution < 1.29 is 9.53 Å². The average Bonchev–Trinajstić information content (AvgIpc) is 3.27. The Labute approximate surface area is 229 Å². The maximum absolute atomic E-state index is 12.6. The summed E-state index contributed by atoms with van der Waals surface area (Å²) >= 11 is 0. The van der Waals surface area contributed by atoms with Crippen LogP contribution in [0.2, 0.25) is 0 Å². The number of ether oxygens (including phenoxy) is 1. The molecule has 0 atom stereocenters. The van der Waals surface area contributed by atoms with Crippen molar-refractivity contribution in [2.75, 3.05) is 39.6 Å². The summed E-state index contributed by atoms with van der Waals surface area (Å²) in [5.41, 5.74) is 8.73. The Morgan fingerprint density at radius 2 is 1.97 bits per heavy atom. The Balaban J connectivity index is 1.42. The van der Waals surface area contributed by atoms with E-state index in [0.29, 0.717) is 29.5 Å². The highest BCUT2D eigenvalue weighted by molar-refractivity contribution is 5.95. The number of amides is 1. The molecule has 0 saturated heterocycles. The third kappa shape index (κ3) is 5.49. The van der Waals surface area contributed by atoms with Crippen LogP contribution >= 0.6 is 0 Å². The lowest BCUT2D eigenvalue weighted by atomic mass is 9.90. The number of fused-ring (bicyclic) bond motifs is 3. The average molecular weight is 526 g/mol. The van der Waals surface area contributed by atoms with E-state index in [2.05, 4.69) is 45.6 Å². The van der Waals surface area contributed by atoms with Crippen LogP contribution in [0.25, 0.3) is 22.5 Å². The minimum atomic E-state index is -0.128. The molecule has 1 aliphatic carbocycles. The Hall–Kier alpha value is -4.24. The summed E-state index contributed by atoms with van der Waals surface area (Å²) in [6.45, 7) is 3.65. The van der Waals surface area contributed by atoms with Crippen molar-refractivity contribution in [3.8, 4) is 28.3 Å². The molecule has 39 heavy (non-hydrogen) atoms. The molecule has 0 radical (unpaired) electrons. The number of carbonyl (C=O) groups excluding carboxylic acids is 1. The van der Waals surface area contributed by atoms with Crippen LogP contribution in [0.15, 0.2) is 48.7 Å². The van der Waals surface area contributed by atoms with Crippen molar-refractivity contribution >= 4 is 17.5 Å². The van der Waals surface area contributed by atoms with E-state index >= 15 is 0 Å². The standard InChI is InChI=1S/C30H35N7O2/c1-19-9-6-7-10-22(19)28-26-24(35-37(28)4)14-12-21-18-32-30(34-27(21)26)33-23-13-11-20(17-25(23)39-5)29(38)31-15-8-16-36(2)3/h6-7,9-11,13,17-18H,8,12,14-16H2,1-5H3,(H,31,38)(H,32,33,34). The molecule has 2 aromatic carbocycles. The van der Waals surface area contributed by atoms with Crippen LogP contribution in [0.1, 0.15) is 33.6 Å². The van der Waals surface area contributed by atoms with Crippen LogP contribution in [0.3, 0.4) is 0 Å². The molecule has 5 rings (SSSR count). The second-order valence-electron chi connectivity index (χ2n) is 10.1. The lowest BCUT2D eigenvalue weighted by Crippen LogP contribution is -2.27. The topological polar surface area (TPSA) is 97.2 Å². The number of carbonyl (C=O) groups is 1. The summed E-state index contributed by atoms with van der Waals surface area (Å²) in [6, 6.07) is 13.7. The maximum atomic E-state index is 12.6. The van der Waals surface area contributed by atoms with Crippen LogP contribution in [0.5, 0.6) is 5.75 Å². The molecule has 202 valence electrons. The summed E-state index contributed by atoms with van der Waals surface area (Å²) in [6.07, 6.45) is 4.47. The van der Waals surface area contributed by atoms with Gasteiger partial charge in [-0.1, -0.05) is 24.3 Å². The zero-order valence-electron chi connectivity index (χ0n) is 23.2. The first-order valence-corrected chi connectivity index (χ1v) is 13.2. The highest BCUT2D eigenvalue weighted by atomic mass is 16.5. The summed E-state index contributed by atoms with van der Waals surface area (Å²) < 4.78 is 7.57. The van der Waals surface area contributed by atoms with E-state index in [1.54, 1.807) is 19.2 Å². The number of hydrogen-bond donors (Lipinski definition) is 2. The first-order chi connectivity index (χ1) is 18.9. The fraction of sp³-hybridized carbons (Fsp3) is 0.333. The molecule has 2 N–H and O–H groups in total. The highest BCUT2D eigenvalue weighted by Gasteiger charge is 2.27. The first kappa shape index (κ1) is 26.4. The molecule has 0 fully saturated rings. The number of methoxy groups -OCH3 is 1. The number of rotatable bonds is 9. The van der Waals surface area contributed by atoms with E-state index in [4.69, 9.17) is 14.8 Å². The molecule has 1 aliphatic rings. The molecule has 0 unspecified atom stereocenters. The number of hydrogen-bond acceptors (Lipinski definition) is 7. The smallest absolute Gasteiger partial charge is 0.251 e. The van der Waals surface area contributed by atoms with Gasteiger partial charge in [-0.3, -0.25) is 9.48 Å². The van der Waals surface area contributed by atoms with Gasteiger partial charge in [-0.05, 0) is 76.2 Å². The fourth-order valence-corrected chi connectivity index (χ4v) is 5.03. The second-order valence-corrected chi connectivity index (χ2v) is 10.1. The van der Waals surface area contributed by atoms with Gasteiger partial charge in [-0.25, -0.2) is 9.97 Å². The van der Waals surface area contributed by atoms with Crippen molar-refractivity contribution in [3.05, 3.63) is 71.0 Å². The van der Waals surface area contributed by atoms with Crippen LogP contribution in [0, 0.1) is 6.92 Å². The van der Waals surface area contributed by atoms with Crippen LogP contribution in [-0.4, -0.2) is 64.9 Å². The monoisotopic (exact) mass is 525 g/mol. The molecule has 1 amide bonds. The number of nitrogens with one attached hydrogen (secondary N) is 2. The lowest BCUT2D eigenvalue weighted by molar-refractivity contribution is 0.0952. The normalized spacial score (nSPS) is 12.2. The van der Waals surface area contributed by atoms with Gasteiger partial charge in [0.1, 0.15) is 5.75 Å². The van der Waals surface area contributed by atoms with Gasteiger partial charge in [-0.2, -0.15) is 5.10 Å².